The molecule has 1 aromatic rings. The molecule has 1 aliphatic carbocycles. The quantitative estimate of drug-likeness (QED) is 0.921. The Hall–Kier alpha value is -0.800. The van der Waals surface area contributed by atoms with E-state index in [9.17, 15) is 4.39 Å². The molecule has 4 heteroatoms. The van der Waals surface area contributed by atoms with Gasteiger partial charge in [-0.25, -0.2) is 4.39 Å². The van der Waals surface area contributed by atoms with Gasteiger partial charge in [0.25, 0.3) is 0 Å². The van der Waals surface area contributed by atoms with Crippen LogP contribution in [0.1, 0.15) is 30.4 Å². The van der Waals surface area contributed by atoms with Crippen molar-refractivity contribution >= 4 is 12.4 Å². The summed E-state index contributed by atoms with van der Waals surface area (Å²) >= 11 is 0. The fourth-order valence-corrected chi connectivity index (χ4v) is 3.04. The maximum absolute atomic E-state index is 13.6. The third-order valence-corrected chi connectivity index (χ3v) is 4.06. The molecule has 1 unspecified atom stereocenters. The van der Waals surface area contributed by atoms with Gasteiger partial charge in [-0.2, -0.15) is 0 Å². The van der Waals surface area contributed by atoms with Gasteiger partial charge in [0.2, 0.25) is 0 Å². The van der Waals surface area contributed by atoms with Gasteiger partial charge in [0.1, 0.15) is 11.6 Å². The molecule has 106 valence electrons. The highest BCUT2D eigenvalue weighted by molar-refractivity contribution is 5.85. The number of ether oxygens (including phenoxy) is 1. The number of fused-ring (bicyclic) bond motifs is 1. The standard InChI is InChI=1S/C15H20FNO.ClH/c16-14-6-7-15(13-5-1-4-12(13)14)18-10-11-3-2-8-17-9-11;/h6-7,11,17H,1-5,8-10H2;1H. The second kappa shape index (κ2) is 6.58. The molecule has 0 radical (unpaired) electrons. The van der Waals surface area contributed by atoms with Crippen molar-refractivity contribution in [2.75, 3.05) is 19.7 Å². The van der Waals surface area contributed by atoms with Gasteiger partial charge in [-0.3, -0.25) is 0 Å². The van der Waals surface area contributed by atoms with Crippen molar-refractivity contribution in [3.63, 3.8) is 0 Å². The SMILES string of the molecule is Cl.Fc1ccc(OCC2CCCNC2)c2c1CCC2. The number of piperidine rings is 1. The zero-order valence-corrected chi connectivity index (χ0v) is 11.9. The van der Waals surface area contributed by atoms with Gasteiger partial charge < -0.3 is 10.1 Å². The maximum Gasteiger partial charge on any atom is 0.126 e. The van der Waals surface area contributed by atoms with Crippen LogP contribution < -0.4 is 10.1 Å². The first kappa shape index (κ1) is 14.6. The van der Waals surface area contributed by atoms with Gasteiger partial charge in [-0.15, -0.1) is 12.4 Å². The summed E-state index contributed by atoms with van der Waals surface area (Å²) in [6, 6.07) is 3.36. The van der Waals surface area contributed by atoms with Crippen LogP contribution >= 0.6 is 12.4 Å². The minimum Gasteiger partial charge on any atom is -0.493 e. The summed E-state index contributed by atoms with van der Waals surface area (Å²) in [7, 11) is 0. The molecule has 2 aliphatic rings. The van der Waals surface area contributed by atoms with E-state index >= 15 is 0 Å². The number of hydrogen-bond acceptors (Lipinski definition) is 2. The topological polar surface area (TPSA) is 21.3 Å². The molecular weight excluding hydrogens is 265 g/mol. The first-order valence-electron chi connectivity index (χ1n) is 6.98. The summed E-state index contributed by atoms with van der Waals surface area (Å²) in [4.78, 5) is 0. The molecule has 1 N–H and O–H groups in total. The third kappa shape index (κ3) is 3.21. The van der Waals surface area contributed by atoms with Gasteiger partial charge in [-0.1, -0.05) is 0 Å². The molecule has 0 spiro atoms. The van der Waals surface area contributed by atoms with Crippen molar-refractivity contribution in [3.05, 3.63) is 29.1 Å². The van der Waals surface area contributed by atoms with Gasteiger partial charge in [0.05, 0.1) is 6.61 Å². The zero-order chi connectivity index (χ0) is 12.4. The van der Waals surface area contributed by atoms with Crippen molar-refractivity contribution in [1.82, 2.24) is 5.32 Å². The predicted molar refractivity (Wildman–Crippen MR) is 76.8 cm³/mol. The second-order valence-electron chi connectivity index (χ2n) is 5.38. The largest absolute Gasteiger partial charge is 0.493 e. The first-order chi connectivity index (χ1) is 8.84. The molecule has 1 fully saturated rings. The molecule has 0 amide bonds. The van der Waals surface area contributed by atoms with E-state index in [4.69, 9.17) is 4.74 Å². The highest BCUT2D eigenvalue weighted by Crippen LogP contribution is 2.32. The lowest BCUT2D eigenvalue weighted by Crippen LogP contribution is -2.33. The van der Waals surface area contributed by atoms with Crippen molar-refractivity contribution in [1.29, 1.82) is 0 Å². The molecule has 0 aromatic heterocycles. The van der Waals surface area contributed by atoms with Crippen LogP contribution in [0, 0.1) is 11.7 Å². The van der Waals surface area contributed by atoms with E-state index in [2.05, 4.69) is 5.32 Å². The predicted octanol–water partition coefficient (Wildman–Crippen LogP) is 3.11. The molecule has 0 bridgehead atoms. The monoisotopic (exact) mass is 285 g/mol. The Bertz CT molecular complexity index is 432. The Kier molecular flexibility index (Phi) is 5.06. The molecule has 1 atom stereocenters. The normalized spacial score (nSPS) is 21.6. The van der Waals surface area contributed by atoms with E-state index in [-0.39, 0.29) is 18.2 Å². The third-order valence-electron chi connectivity index (χ3n) is 4.06. The Balaban J connectivity index is 0.00000133. The Morgan fingerprint density at radius 1 is 1.21 bits per heavy atom. The molecule has 1 aliphatic heterocycles. The van der Waals surface area contributed by atoms with Crippen molar-refractivity contribution in [2.24, 2.45) is 5.92 Å². The lowest BCUT2D eigenvalue weighted by Gasteiger charge is -2.23. The molecule has 1 aromatic carbocycles. The summed E-state index contributed by atoms with van der Waals surface area (Å²) in [5.74, 6) is 1.45. The smallest absolute Gasteiger partial charge is 0.126 e. The highest BCUT2D eigenvalue weighted by atomic mass is 35.5. The lowest BCUT2D eigenvalue weighted by atomic mass is 10.0. The number of halogens is 2. The van der Waals surface area contributed by atoms with Gasteiger partial charge in [0, 0.05) is 18.0 Å². The molecule has 1 saturated heterocycles. The number of nitrogens with one attached hydrogen (secondary N) is 1. The summed E-state index contributed by atoms with van der Waals surface area (Å²) in [5.41, 5.74) is 1.99. The van der Waals surface area contributed by atoms with Crippen LogP contribution in [0.3, 0.4) is 0 Å². The second-order valence-corrected chi connectivity index (χ2v) is 5.38. The number of rotatable bonds is 3. The van der Waals surface area contributed by atoms with Crippen LogP contribution in [0.4, 0.5) is 4.39 Å². The van der Waals surface area contributed by atoms with Gasteiger partial charge >= 0.3 is 0 Å². The molecule has 3 rings (SSSR count). The molecule has 0 saturated carbocycles. The van der Waals surface area contributed by atoms with Crippen molar-refractivity contribution in [2.45, 2.75) is 32.1 Å². The van der Waals surface area contributed by atoms with E-state index in [1.165, 1.54) is 12.8 Å². The van der Waals surface area contributed by atoms with Crippen LogP contribution in [0.25, 0.3) is 0 Å². The number of hydrogen-bond donors (Lipinski definition) is 1. The van der Waals surface area contributed by atoms with Gasteiger partial charge in [0.15, 0.2) is 0 Å². The van der Waals surface area contributed by atoms with Crippen molar-refractivity contribution in [3.8, 4) is 5.75 Å². The summed E-state index contributed by atoms with van der Waals surface area (Å²) in [5, 5.41) is 3.39. The first-order valence-corrected chi connectivity index (χ1v) is 6.98. The summed E-state index contributed by atoms with van der Waals surface area (Å²) < 4.78 is 19.5. The molecule has 19 heavy (non-hydrogen) atoms. The Morgan fingerprint density at radius 2 is 2.05 bits per heavy atom. The van der Waals surface area contributed by atoms with Crippen LogP contribution in [-0.4, -0.2) is 19.7 Å². The minimum absolute atomic E-state index is 0. The summed E-state index contributed by atoms with van der Waals surface area (Å²) in [6.45, 7) is 2.93. The van der Waals surface area contributed by atoms with Crippen LogP contribution in [0.15, 0.2) is 12.1 Å². The minimum atomic E-state index is -0.0609. The van der Waals surface area contributed by atoms with E-state index in [0.717, 1.165) is 55.8 Å². The average molecular weight is 286 g/mol. The van der Waals surface area contributed by atoms with Crippen LogP contribution in [0.5, 0.6) is 5.75 Å². The van der Waals surface area contributed by atoms with Gasteiger partial charge in [-0.05, 0) is 56.3 Å². The Labute approximate surface area is 120 Å². The molecular formula is C15H21ClFNO. The molecule has 1 heterocycles. The highest BCUT2D eigenvalue weighted by Gasteiger charge is 2.20. The fraction of sp³-hybridized carbons (Fsp3) is 0.600. The fourth-order valence-electron chi connectivity index (χ4n) is 3.04. The van der Waals surface area contributed by atoms with E-state index in [0.29, 0.717) is 5.92 Å². The average Bonchev–Trinajstić information content (AvgIpc) is 2.90. The number of benzene rings is 1. The maximum atomic E-state index is 13.6. The summed E-state index contributed by atoms with van der Waals surface area (Å²) in [6.07, 6.45) is 5.35. The van der Waals surface area contributed by atoms with Crippen LogP contribution in [0.2, 0.25) is 0 Å². The van der Waals surface area contributed by atoms with Crippen molar-refractivity contribution < 1.29 is 9.13 Å². The zero-order valence-electron chi connectivity index (χ0n) is 11.1. The van der Waals surface area contributed by atoms with E-state index in [1.807, 2.05) is 0 Å². The van der Waals surface area contributed by atoms with Crippen LogP contribution in [-0.2, 0) is 12.8 Å². The lowest BCUT2D eigenvalue weighted by molar-refractivity contribution is 0.217. The Morgan fingerprint density at radius 3 is 2.84 bits per heavy atom. The molecule has 2 nitrogen and oxygen atoms in total. The van der Waals surface area contributed by atoms with E-state index in [1.54, 1.807) is 12.1 Å². The van der Waals surface area contributed by atoms with E-state index < -0.39 is 0 Å².